The van der Waals surface area contributed by atoms with Crippen molar-refractivity contribution in [2.75, 3.05) is 39.4 Å². The normalized spacial score (nSPS) is 21.2. The van der Waals surface area contributed by atoms with Crippen LogP contribution in [0, 0.1) is 5.92 Å². The highest BCUT2D eigenvalue weighted by Crippen LogP contribution is 2.23. The zero-order valence-corrected chi connectivity index (χ0v) is 20.6. The third kappa shape index (κ3) is 6.19. The maximum absolute atomic E-state index is 12.3. The monoisotopic (exact) mass is 473 g/mol. The Morgan fingerprint density at radius 3 is 2.86 bits per heavy atom. The molecule has 3 aromatic rings. The maximum atomic E-state index is 12.3. The summed E-state index contributed by atoms with van der Waals surface area (Å²) in [6.07, 6.45) is 5.18. The minimum absolute atomic E-state index is 0.150. The second-order valence-electron chi connectivity index (χ2n) is 9.86. The van der Waals surface area contributed by atoms with Crippen LogP contribution in [0.1, 0.15) is 30.9 Å². The molecule has 6 heteroatoms. The average Bonchev–Trinajstić information content (AvgIpc) is 3.31. The highest BCUT2D eigenvalue weighted by atomic mass is 16.5. The van der Waals surface area contributed by atoms with Gasteiger partial charge in [0, 0.05) is 57.8 Å². The van der Waals surface area contributed by atoms with Crippen LogP contribution >= 0.6 is 0 Å². The summed E-state index contributed by atoms with van der Waals surface area (Å²) >= 11 is 0. The second kappa shape index (κ2) is 11.2. The molecular formula is C29H35N3O3. The third-order valence-corrected chi connectivity index (χ3v) is 7.12. The van der Waals surface area contributed by atoms with Crippen molar-refractivity contribution in [2.24, 2.45) is 5.92 Å². The summed E-state index contributed by atoms with van der Waals surface area (Å²) in [5.41, 5.74) is 3.55. The Bertz CT molecular complexity index is 1140. The molecular weight excluding hydrogens is 438 g/mol. The Morgan fingerprint density at radius 2 is 2.00 bits per heavy atom. The zero-order valence-electron chi connectivity index (χ0n) is 20.6. The highest BCUT2D eigenvalue weighted by Gasteiger charge is 2.25. The highest BCUT2D eigenvalue weighted by molar-refractivity contribution is 5.81. The summed E-state index contributed by atoms with van der Waals surface area (Å²) in [6, 6.07) is 18.9. The SMILES string of the molecule is CC(=O)N1CCN(Cc2cccc(OC[C@H]3CCCO3)c2)C[C@H](Cc2cccc3cccnc23)C1. The molecule has 1 amide bonds. The molecule has 2 saturated heterocycles. The molecule has 2 fully saturated rings. The fourth-order valence-electron chi connectivity index (χ4n) is 5.34. The molecule has 184 valence electrons. The lowest BCUT2D eigenvalue weighted by Crippen LogP contribution is -2.34. The number of carbonyl (C=O) groups is 1. The number of rotatable bonds is 7. The number of pyridine rings is 1. The number of hydrogen-bond donors (Lipinski definition) is 0. The van der Waals surface area contributed by atoms with Crippen LogP contribution in [0.5, 0.6) is 5.75 Å². The van der Waals surface area contributed by atoms with Crippen LogP contribution in [0.4, 0.5) is 0 Å². The van der Waals surface area contributed by atoms with Crippen LogP contribution in [0.3, 0.4) is 0 Å². The molecule has 0 bridgehead atoms. The topological polar surface area (TPSA) is 54.9 Å². The van der Waals surface area contributed by atoms with Crippen molar-refractivity contribution in [1.82, 2.24) is 14.8 Å². The lowest BCUT2D eigenvalue weighted by atomic mass is 9.96. The lowest BCUT2D eigenvalue weighted by Gasteiger charge is -2.25. The maximum Gasteiger partial charge on any atom is 0.219 e. The standard InChI is InChI=1S/C29H35N3O3/c1-22(33)32-14-13-31(18-23-6-2-10-27(17-23)35-21-28-11-5-15-34-28)19-24(20-32)16-26-8-3-7-25-9-4-12-30-29(25)26/h2-4,6-10,12,17,24,28H,5,11,13-16,18-21H2,1H3/t24-,28+/m0/s1. The van der Waals surface area contributed by atoms with Gasteiger partial charge in [-0.3, -0.25) is 14.7 Å². The molecule has 0 aliphatic carbocycles. The predicted octanol–water partition coefficient (Wildman–Crippen LogP) is 4.32. The molecule has 0 radical (unpaired) electrons. The van der Waals surface area contributed by atoms with E-state index in [-0.39, 0.29) is 12.0 Å². The van der Waals surface area contributed by atoms with Crippen molar-refractivity contribution in [2.45, 2.75) is 38.8 Å². The summed E-state index contributed by atoms with van der Waals surface area (Å²) in [4.78, 5) is 21.5. The molecule has 3 heterocycles. The molecule has 5 rings (SSSR count). The number of para-hydroxylation sites is 1. The second-order valence-corrected chi connectivity index (χ2v) is 9.86. The van der Waals surface area contributed by atoms with Gasteiger partial charge in [-0.05, 0) is 54.5 Å². The molecule has 35 heavy (non-hydrogen) atoms. The fourth-order valence-corrected chi connectivity index (χ4v) is 5.34. The Labute approximate surface area is 207 Å². The average molecular weight is 474 g/mol. The molecule has 2 aliphatic heterocycles. The first kappa shape index (κ1) is 23.8. The summed E-state index contributed by atoms with van der Waals surface area (Å²) < 4.78 is 11.7. The predicted molar refractivity (Wildman–Crippen MR) is 137 cm³/mol. The van der Waals surface area contributed by atoms with Gasteiger partial charge in [0.15, 0.2) is 0 Å². The van der Waals surface area contributed by atoms with Crippen molar-refractivity contribution < 1.29 is 14.3 Å². The van der Waals surface area contributed by atoms with Gasteiger partial charge in [-0.15, -0.1) is 0 Å². The van der Waals surface area contributed by atoms with Gasteiger partial charge >= 0.3 is 0 Å². The van der Waals surface area contributed by atoms with Gasteiger partial charge in [-0.25, -0.2) is 0 Å². The number of fused-ring (bicyclic) bond motifs is 1. The van der Waals surface area contributed by atoms with Gasteiger partial charge in [0.05, 0.1) is 11.6 Å². The molecule has 1 aromatic heterocycles. The van der Waals surface area contributed by atoms with Crippen molar-refractivity contribution in [3.63, 3.8) is 0 Å². The number of aromatic nitrogens is 1. The molecule has 6 nitrogen and oxygen atoms in total. The number of amides is 1. The zero-order chi connectivity index (χ0) is 24.0. The third-order valence-electron chi connectivity index (χ3n) is 7.12. The minimum atomic E-state index is 0.150. The number of carbonyl (C=O) groups excluding carboxylic acids is 1. The van der Waals surface area contributed by atoms with E-state index in [4.69, 9.17) is 9.47 Å². The number of hydrogen-bond acceptors (Lipinski definition) is 5. The number of benzene rings is 2. The van der Waals surface area contributed by atoms with Crippen LogP contribution in [0.2, 0.25) is 0 Å². The summed E-state index contributed by atoms with van der Waals surface area (Å²) in [7, 11) is 0. The van der Waals surface area contributed by atoms with E-state index in [9.17, 15) is 4.79 Å². The summed E-state index contributed by atoms with van der Waals surface area (Å²) in [5.74, 6) is 1.39. The largest absolute Gasteiger partial charge is 0.491 e. The van der Waals surface area contributed by atoms with Crippen LogP contribution in [0.25, 0.3) is 10.9 Å². The van der Waals surface area contributed by atoms with Crippen LogP contribution in [0.15, 0.2) is 60.8 Å². The van der Waals surface area contributed by atoms with Crippen LogP contribution in [-0.2, 0) is 22.5 Å². The van der Waals surface area contributed by atoms with E-state index in [0.29, 0.717) is 12.5 Å². The van der Waals surface area contributed by atoms with Gasteiger partial charge < -0.3 is 14.4 Å². The van der Waals surface area contributed by atoms with E-state index in [0.717, 1.165) is 69.9 Å². The van der Waals surface area contributed by atoms with E-state index >= 15 is 0 Å². The molecule has 2 atom stereocenters. The van der Waals surface area contributed by atoms with Crippen molar-refractivity contribution in [1.29, 1.82) is 0 Å². The molecule has 2 aromatic carbocycles. The van der Waals surface area contributed by atoms with Crippen molar-refractivity contribution in [3.05, 3.63) is 71.9 Å². The first-order chi connectivity index (χ1) is 17.1. The van der Waals surface area contributed by atoms with Gasteiger partial charge in [0.2, 0.25) is 5.91 Å². The Morgan fingerprint density at radius 1 is 1.11 bits per heavy atom. The van der Waals surface area contributed by atoms with E-state index in [2.05, 4.69) is 52.3 Å². The number of nitrogens with zero attached hydrogens (tertiary/aromatic N) is 3. The Kier molecular flexibility index (Phi) is 7.60. The lowest BCUT2D eigenvalue weighted by molar-refractivity contribution is -0.129. The molecule has 0 spiro atoms. The van der Waals surface area contributed by atoms with Gasteiger partial charge in [-0.2, -0.15) is 0 Å². The van der Waals surface area contributed by atoms with Crippen molar-refractivity contribution in [3.8, 4) is 5.75 Å². The smallest absolute Gasteiger partial charge is 0.219 e. The minimum Gasteiger partial charge on any atom is -0.491 e. The quantitative estimate of drug-likeness (QED) is 0.512. The summed E-state index contributed by atoms with van der Waals surface area (Å²) in [5, 5.41) is 1.17. The van der Waals surface area contributed by atoms with Gasteiger partial charge in [0.25, 0.3) is 0 Å². The Balaban J connectivity index is 1.28. The van der Waals surface area contributed by atoms with Crippen LogP contribution in [-0.4, -0.2) is 66.2 Å². The summed E-state index contributed by atoms with van der Waals surface area (Å²) in [6.45, 7) is 7.32. The van der Waals surface area contributed by atoms with Crippen molar-refractivity contribution >= 4 is 16.8 Å². The van der Waals surface area contributed by atoms with E-state index in [1.165, 1.54) is 16.5 Å². The molecule has 0 N–H and O–H groups in total. The Hall–Kier alpha value is -2.96. The fraction of sp³-hybridized carbons (Fsp3) is 0.448. The van der Waals surface area contributed by atoms with Gasteiger partial charge in [0.1, 0.15) is 12.4 Å². The first-order valence-electron chi connectivity index (χ1n) is 12.8. The molecule has 2 aliphatic rings. The van der Waals surface area contributed by atoms with Gasteiger partial charge in [-0.1, -0.05) is 36.4 Å². The van der Waals surface area contributed by atoms with E-state index in [1.54, 1.807) is 6.92 Å². The van der Waals surface area contributed by atoms with Crippen LogP contribution < -0.4 is 4.74 Å². The number of ether oxygens (including phenoxy) is 2. The molecule has 0 unspecified atom stereocenters. The van der Waals surface area contributed by atoms with E-state index in [1.807, 2.05) is 23.2 Å². The molecule has 0 saturated carbocycles. The van der Waals surface area contributed by atoms with E-state index < -0.39 is 0 Å². The first-order valence-corrected chi connectivity index (χ1v) is 12.8.